The van der Waals surface area contributed by atoms with Gasteiger partial charge in [0.05, 0.1) is 6.61 Å². The van der Waals surface area contributed by atoms with Gasteiger partial charge in [-0.1, -0.05) is 136 Å². The average Bonchev–Trinajstić information content (AvgIpc) is 2.87. The summed E-state index contributed by atoms with van der Waals surface area (Å²) < 4.78 is 5.14. The average molecular weight is 527 g/mol. The number of carbonyl (C=O) groups excluding carboxylic acids is 1. The van der Waals surface area contributed by atoms with Crippen LogP contribution >= 0.6 is 0 Å². The van der Waals surface area contributed by atoms with E-state index in [0.717, 1.165) is 25.2 Å². The number of nitrogens with one attached hydrogen (secondary N) is 1. The number of hydrogen-bond donors (Lipinski definition) is 3. The van der Waals surface area contributed by atoms with Crippen LogP contribution in [0.15, 0.2) is 0 Å². The molecule has 0 saturated heterocycles. The summed E-state index contributed by atoms with van der Waals surface area (Å²) in [6, 6.07) is -0.900. The summed E-state index contributed by atoms with van der Waals surface area (Å²) in [7, 11) is 0. The molecule has 37 heavy (non-hydrogen) atoms. The summed E-state index contributed by atoms with van der Waals surface area (Å²) in [5.74, 6) is -0.117. The van der Waals surface area contributed by atoms with Crippen LogP contribution in [0, 0.1) is 5.92 Å². The first-order valence-electron chi connectivity index (χ1n) is 15.9. The van der Waals surface area contributed by atoms with Crippen LogP contribution < -0.4 is 11.1 Å². The van der Waals surface area contributed by atoms with E-state index in [1.807, 2.05) is 0 Å². The molecule has 0 spiro atoms. The van der Waals surface area contributed by atoms with E-state index < -0.39 is 18.1 Å². The van der Waals surface area contributed by atoms with Crippen LogP contribution in [0.1, 0.15) is 162 Å². The highest BCUT2D eigenvalue weighted by atomic mass is 16.5. The van der Waals surface area contributed by atoms with Crippen LogP contribution in [-0.4, -0.2) is 36.4 Å². The SMILES string of the molecule is CCCCCCCCC(C)CCCCCCCCCCCCCCOC(=O)N[C@@H](CCCCN)C(=O)O. The van der Waals surface area contributed by atoms with Crippen LogP contribution in [-0.2, 0) is 9.53 Å². The summed E-state index contributed by atoms with van der Waals surface area (Å²) in [6.07, 6.45) is 27.7. The monoisotopic (exact) mass is 526 g/mol. The number of carbonyl (C=O) groups is 2. The molecule has 0 aromatic heterocycles. The zero-order valence-corrected chi connectivity index (χ0v) is 24.6. The molecule has 6 heteroatoms. The number of alkyl carbamates (subject to hydrolysis) is 1. The minimum Gasteiger partial charge on any atom is -0.480 e. The van der Waals surface area contributed by atoms with E-state index in [1.165, 1.54) is 116 Å². The number of carboxylic acids is 1. The third-order valence-electron chi connectivity index (χ3n) is 7.41. The maximum atomic E-state index is 11.8. The first kappa shape index (κ1) is 35.7. The summed E-state index contributed by atoms with van der Waals surface area (Å²) in [6.45, 7) is 5.60. The molecule has 0 aromatic carbocycles. The molecule has 1 unspecified atom stereocenters. The van der Waals surface area contributed by atoms with Crippen molar-refractivity contribution >= 4 is 12.1 Å². The van der Waals surface area contributed by atoms with Crippen LogP contribution in [0.2, 0.25) is 0 Å². The Balaban J connectivity index is 3.38. The van der Waals surface area contributed by atoms with E-state index >= 15 is 0 Å². The van der Waals surface area contributed by atoms with Crippen molar-refractivity contribution in [1.82, 2.24) is 5.32 Å². The maximum Gasteiger partial charge on any atom is 0.407 e. The van der Waals surface area contributed by atoms with Crippen molar-refractivity contribution in [2.75, 3.05) is 13.2 Å². The molecule has 6 nitrogen and oxygen atoms in total. The molecule has 0 aliphatic rings. The number of rotatable bonds is 28. The summed E-state index contributed by atoms with van der Waals surface area (Å²) in [5, 5.41) is 11.6. The lowest BCUT2D eigenvalue weighted by atomic mass is 9.96. The highest BCUT2D eigenvalue weighted by Crippen LogP contribution is 2.19. The van der Waals surface area contributed by atoms with Gasteiger partial charge in [0.2, 0.25) is 0 Å². The Hall–Kier alpha value is -1.30. The Bertz CT molecular complexity index is 515. The third kappa shape index (κ3) is 26.1. The van der Waals surface area contributed by atoms with Gasteiger partial charge in [-0.3, -0.25) is 0 Å². The van der Waals surface area contributed by atoms with Gasteiger partial charge in [0.25, 0.3) is 0 Å². The predicted octanol–water partition coefficient (Wildman–Crippen LogP) is 8.75. The van der Waals surface area contributed by atoms with Gasteiger partial charge in [0.1, 0.15) is 6.04 Å². The van der Waals surface area contributed by atoms with Crippen LogP contribution in [0.5, 0.6) is 0 Å². The van der Waals surface area contributed by atoms with E-state index in [2.05, 4.69) is 19.2 Å². The molecule has 1 amide bonds. The second-order valence-corrected chi connectivity index (χ2v) is 11.1. The Kier molecular flexibility index (Phi) is 26.8. The van der Waals surface area contributed by atoms with Crippen molar-refractivity contribution in [3.63, 3.8) is 0 Å². The maximum absolute atomic E-state index is 11.8. The first-order valence-corrected chi connectivity index (χ1v) is 15.9. The third-order valence-corrected chi connectivity index (χ3v) is 7.41. The largest absolute Gasteiger partial charge is 0.480 e. The zero-order chi connectivity index (χ0) is 27.4. The Morgan fingerprint density at radius 2 is 1.11 bits per heavy atom. The minimum absolute atomic E-state index is 0.346. The van der Waals surface area contributed by atoms with Crippen molar-refractivity contribution in [3.05, 3.63) is 0 Å². The van der Waals surface area contributed by atoms with E-state index in [-0.39, 0.29) is 0 Å². The lowest BCUT2D eigenvalue weighted by molar-refractivity contribution is -0.139. The lowest BCUT2D eigenvalue weighted by Crippen LogP contribution is -2.41. The van der Waals surface area contributed by atoms with Gasteiger partial charge < -0.3 is 20.9 Å². The van der Waals surface area contributed by atoms with Crippen molar-refractivity contribution in [1.29, 1.82) is 0 Å². The smallest absolute Gasteiger partial charge is 0.407 e. The molecule has 2 atom stereocenters. The fourth-order valence-electron chi connectivity index (χ4n) is 4.88. The number of aliphatic carboxylic acids is 1. The molecule has 4 N–H and O–H groups in total. The topological polar surface area (TPSA) is 102 Å². The standard InChI is InChI=1S/C31H62N2O4/c1-3-4-5-6-15-18-23-28(2)24-19-16-13-11-9-7-8-10-12-14-17-22-27-37-31(36)33-29(30(34)35)25-20-21-26-32/h28-29H,3-27,32H2,1-2H3,(H,33,36)(H,34,35)/t28?,29-/m0/s1. The van der Waals surface area contributed by atoms with Gasteiger partial charge >= 0.3 is 12.1 Å². The van der Waals surface area contributed by atoms with Crippen LogP contribution in [0.4, 0.5) is 4.79 Å². The second kappa shape index (κ2) is 27.7. The lowest BCUT2D eigenvalue weighted by Gasteiger charge is -2.14. The molecule has 0 aliphatic heterocycles. The molecule has 0 aliphatic carbocycles. The number of unbranched alkanes of at least 4 members (excludes halogenated alkanes) is 17. The summed E-state index contributed by atoms with van der Waals surface area (Å²) in [5.41, 5.74) is 5.43. The number of nitrogens with two attached hydrogens (primary N) is 1. The Morgan fingerprint density at radius 3 is 1.57 bits per heavy atom. The van der Waals surface area contributed by atoms with Gasteiger partial charge in [-0.05, 0) is 38.1 Å². The highest BCUT2D eigenvalue weighted by molar-refractivity contribution is 5.79. The normalized spacial score (nSPS) is 12.8. The first-order chi connectivity index (χ1) is 18.0. The van der Waals surface area contributed by atoms with Crippen molar-refractivity contribution in [3.8, 4) is 0 Å². The quantitative estimate of drug-likeness (QED) is 0.0884. The predicted molar refractivity (Wildman–Crippen MR) is 156 cm³/mol. The number of hydrogen-bond acceptors (Lipinski definition) is 4. The van der Waals surface area contributed by atoms with Gasteiger partial charge in [-0.15, -0.1) is 0 Å². The molecule has 0 saturated carbocycles. The molecule has 0 bridgehead atoms. The molecule has 0 rings (SSSR count). The molecule has 0 radical (unpaired) electrons. The number of ether oxygens (including phenoxy) is 1. The van der Waals surface area contributed by atoms with Crippen molar-refractivity contribution < 1.29 is 19.4 Å². The van der Waals surface area contributed by atoms with E-state index in [0.29, 0.717) is 26.0 Å². The molecule has 0 fully saturated rings. The molecular formula is C31H62N2O4. The minimum atomic E-state index is -1.03. The highest BCUT2D eigenvalue weighted by Gasteiger charge is 2.19. The fourth-order valence-corrected chi connectivity index (χ4v) is 4.88. The zero-order valence-electron chi connectivity index (χ0n) is 24.6. The van der Waals surface area contributed by atoms with Crippen molar-refractivity contribution in [2.45, 2.75) is 168 Å². The van der Waals surface area contributed by atoms with E-state index in [4.69, 9.17) is 10.5 Å². The number of carboxylic acid groups (broad SMARTS) is 1. The number of amides is 1. The van der Waals surface area contributed by atoms with Crippen LogP contribution in [0.25, 0.3) is 0 Å². The van der Waals surface area contributed by atoms with Gasteiger partial charge in [0.15, 0.2) is 0 Å². The van der Waals surface area contributed by atoms with Gasteiger partial charge in [-0.25, -0.2) is 9.59 Å². The van der Waals surface area contributed by atoms with E-state index in [1.54, 1.807) is 0 Å². The molecule has 0 heterocycles. The van der Waals surface area contributed by atoms with Gasteiger partial charge in [-0.2, -0.15) is 0 Å². The second-order valence-electron chi connectivity index (χ2n) is 11.1. The summed E-state index contributed by atoms with van der Waals surface area (Å²) >= 11 is 0. The Labute approximate surface area is 229 Å². The summed E-state index contributed by atoms with van der Waals surface area (Å²) in [4.78, 5) is 23.0. The fraction of sp³-hybridized carbons (Fsp3) is 0.935. The van der Waals surface area contributed by atoms with E-state index in [9.17, 15) is 14.7 Å². The van der Waals surface area contributed by atoms with Gasteiger partial charge in [0, 0.05) is 0 Å². The molecular weight excluding hydrogens is 464 g/mol. The van der Waals surface area contributed by atoms with Crippen LogP contribution in [0.3, 0.4) is 0 Å². The Morgan fingerprint density at radius 1 is 0.676 bits per heavy atom. The molecule has 0 aromatic rings. The van der Waals surface area contributed by atoms with Crippen molar-refractivity contribution in [2.24, 2.45) is 11.7 Å². The molecule has 220 valence electrons.